The zero-order valence-corrected chi connectivity index (χ0v) is 10.3. The van der Waals surface area contributed by atoms with E-state index in [9.17, 15) is 4.79 Å². The molecule has 1 aliphatic rings. The molecule has 0 radical (unpaired) electrons. The summed E-state index contributed by atoms with van der Waals surface area (Å²) in [6.45, 7) is 4.91. The van der Waals surface area contributed by atoms with Crippen LogP contribution in [-0.4, -0.2) is 55.2 Å². The lowest BCUT2D eigenvalue weighted by Gasteiger charge is -2.26. The van der Waals surface area contributed by atoms with Gasteiger partial charge in [0.25, 0.3) is 5.91 Å². The van der Waals surface area contributed by atoms with Crippen molar-refractivity contribution in [1.82, 2.24) is 15.2 Å². The number of carbonyl (C=O) groups is 1. The zero-order valence-electron chi connectivity index (χ0n) is 9.54. The Labute approximate surface area is 105 Å². The molecule has 1 aliphatic heterocycles. The van der Waals surface area contributed by atoms with E-state index < -0.39 is 0 Å². The number of hydrogen-bond donors (Lipinski definition) is 2. The lowest BCUT2D eigenvalue weighted by atomic mass is 10.4. The second kappa shape index (κ2) is 6.05. The van der Waals surface area contributed by atoms with E-state index >= 15 is 0 Å². The van der Waals surface area contributed by atoms with Gasteiger partial charge in [-0.2, -0.15) is 0 Å². The second-order valence-corrected chi connectivity index (χ2v) is 4.38. The van der Waals surface area contributed by atoms with Crippen LogP contribution in [0.5, 0.6) is 0 Å². The third-order valence-corrected chi connectivity index (χ3v) is 2.93. The van der Waals surface area contributed by atoms with Gasteiger partial charge in [0.1, 0.15) is 5.69 Å². The van der Waals surface area contributed by atoms with Gasteiger partial charge < -0.3 is 15.0 Å². The van der Waals surface area contributed by atoms with E-state index in [1.165, 1.54) is 0 Å². The largest absolute Gasteiger partial charge is 0.379 e. The Bertz CT molecular complexity index is 375. The van der Waals surface area contributed by atoms with Crippen molar-refractivity contribution in [3.8, 4) is 0 Å². The van der Waals surface area contributed by atoms with Gasteiger partial charge in [-0.25, -0.2) is 0 Å². The molecule has 5 nitrogen and oxygen atoms in total. The molecule has 0 saturated carbocycles. The summed E-state index contributed by atoms with van der Waals surface area (Å²) in [6, 6.07) is 1.62. The first kappa shape index (κ1) is 12.4. The molecule has 1 aromatic heterocycles. The molecule has 0 bridgehead atoms. The normalized spacial score (nSPS) is 17.0. The number of aromatic amines is 1. The minimum absolute atomic E-state index is 0.120. The molecule has 1 aromatic rings. The first-order chi connectivity index (χ1) is 8.25. The summed E-state index contributed by atoms with van der Waals surface area (Å²) < 4.78 is 5.25. The van der Waals surface area contributed by atoms with E-state index in [2.05, 4.69) is 15.2 Å². The number of aromatic nitrogens is 1. The van der Waals surface area contributed by atoms with Crippen LogP contribution in [0.4, 0.5) is 0 Å². The number of H-pyrrole nitrogens is 1. The van der Waals surface area contributed by atoms with E-state index in [0.717, 1.165) is 32.8 Å². The summed E-state index contributed by atoms with van der Waals surface area (Å²) in [5.74, 6) is -0.120. The van der Waals surface area contributed by atoms with Crippen LogP contribution in [0.15, 0.2) is 12.3 Å². The molecule has 2 rings (SSSR count). The number of halogens is 1. The van der Waals surface area contributed by atoms with Gasteiger partial charge in [0.15, 0.2) is 0 Å². The van der Waals surface area contributed by atoms with Crippen molar-refractivity contribution in [2.24, 2.45) is 0 Å². The van der Waals surface area contributed by atoms with E-state index in [1.807, 2.05) is 0 Å². The Morgan fingerprint density at radius 3 is 2.94 bits per heavy atom. The van der Waals surface area contributed by atoms with E-state index in [4.69, 9.17) is 16.3 Å². The van der Waals surface area contributed by atoms with E-state index in [-0.39, 0.29) is 5.91 Å². The lowest BCUT2D eigenvalue weighted by molar-refractivity contribution is 0.0383. The number of morpholine rings is 1. The van der Waals surface area contributed by atoms with Crippen molar-refractivity contribution in [1.29, 1.82) is 0 Å². The Balaban J connectivity index is 1.69. The van der Waals surface area contributed by atoms with Gasteiger partial charge >= 0.3 is 0 Å². The molecule has 17 heavy (non-hydrogen) atoms. The first-order valence-electron chi connectivity index (χ1n) is 5.68. The zero-order chi connectivity index (χ0) is 12.1. The predicted octanol–water partition coefficient (Wildman–Crippen LogP) is 0.730. The molecule has 1 saturated heterocycles. The molecule has 0 aliphatic carbocycles. The number of nitrogens with zero attached hydrogens (tertiary/aromatic N) is 1. The first-order valence-corrected chi connectivity index (χ1v) is 6.06. The van der Waals surface area contributed by atoms with Gasteiger partial charge in [-0.3, -0.25) is 9.69 Å². The maximum Gasteiger partial charge on any atom is 0.267 e. The van der Waals surface area contributed by atoms with Crippen LogP contribution in [0, 0.1) is 0 Å². The van der Waals surface area contributed by atoms with Crippen molar-refractivity contribution < 1.29 is 9.53 Å². The van der Waals surface area contributed by atoms with E-state index in [1.54, 1.807) is 12.3 Å². The Hall–Kier alpha value is -1.04. The molecule has 0 atom stereocenters. The highest BCUT2D eigenvalue weighted by atomic mass is 35.5. The second-order valence-electron chi connectivity index (χ2n) is 3.94. The Morgan fingerprint density at radius 2 is 2.29 bits per heavy atom. The number of carbonyl (C=O) groups excluding carboxylic acids is 1. The molecule has 94 valence electrons. The van der Waals surface area contributed by atoms with Gasteiger partial charge in [-0.15, -0.1) is 0 Å². The van der Waals surface area contributed by atoms with Crippen LogP contribution in [0.1, 0.15) is 10.5 Å². The third kappa shape index (κ3) is 3.73. The topological polar surface area (TPSA) is 57.4 Å². The quantitative estimate of drug-likeness (QED) is 0.836. The smallest absolute Gasteiger partial charge is 0.267 e. The van der Waals surface area contributed by atoms with Gasteiger partial charge in [0.2, 0.25) is 0 Å². The predicted molar refractivity (Wildman–Crippen MR) is 65.4 cm³/mol. The summed E-state index contributed by atoms with van der Waals surface area (Å²) >= 11 is 5.73. The number of ether oxygens (including phenoxy) is 1. The molecule has 6 heteroatoms. The Kier molecular flexibility index (Phi) is 4.42. The van der Waals surface area contributed by atoms with Crippen molar-refractivity contribution in [3.63, 3.8) is 0 Å². The number of rotatable bonds is 4. The van der Waals surface area contributed by atoms with Gasteiger partial charge in [0, 0.05) is 32.4 Å². The fourth-order valence-corrected chi connectivity index (χ4v) is 1.91. The molecular formula is C11H16ClN3O2. The summed E-state index contributed by atoms with van der Waals surface area (Å²) in [5.41, 5.74) is 0.497. The minimum Gasteiger partial charge on any atom is -0.379 e. The van der Waals surface area contributed by atoms with Gasteiger partial charge in [-0.1, -0.05) is 11.6 Å². The van der Waals surface area contributed by atoms with Crippen LogP contribution in [0.3, 0.4) is 0 Å². The third-order valence-electron chi connectivity index (χ3n) is 2.71. The highest BCUT2D eigenvalue weighted by Gasteiger charge is 2.11. The monoisotopic (exact) mass is 257 g/mol. The van der Waals surface area contributed by atoms with Crippen molar-refractivity contribution in [2.45, 2.75) is 0 Å². The van der Waals surface area contributed by atoms with Crippen molar-refractivity contribution >= 4 is 17.5 Å². The van der Waals surface area contributed by atoms with E-state index in [0.29, 0.717) is 17.3 Å². The highest BCUT2D eigenvalue weighted by Crippen LogP contribution is 2.08. The summed E-state index contributed by atoms with van der Waals surface area (Å²) in [4.78, 5) is 16.7. The SMILES string of the molecule is O=C(NCCN1CCOCC1)c1cc(Cl)c[nH]1. The van der Waals surface area contributed by atoms with Crippen molar-refractivity contribution in [3.05, 3.63) is 23.0 Å². The Morgan fingerprint density at radius 1 is 1.53 bits per heavy atom. The number of hydrogen-bond acceptors (Lipinski definition) is 3. The average molecular weight is 258 g/mol. The molecule has 0 aromatic carbocycles. The summed E-state index contributed by atoms with van der Waals surface area (Å²) in [6.07, 6.45) is 1.60. The molecular weight excluding hydrogens is 242 g/mol. The van der Waals surface area contributed by atoms with Gasteiger partial charge in [0.05, 0.1) is 18.2 Å². The summed E-state index contributed by atoms with van der Waals surface area (Å²) in [5, 5.41) is 3.39. The number of amides is 1. The number of nitrogens with one attached hydrogen (secondary N) is 2. The molecule has 2 N–H and O–H groups in total. The highest BCUT2D eigenvalue weighted by molar-refractivity contribution is 6.30. The average Bonchev–Trinajstić information content (AvgIpc) is 2.77. The maximum absolute atomic E-state index is 11.7. The summed E-state index contributed by atoms with van der Waals surface area (Å²) in [7, 11) is 0. The van der Waals surface area contributed by atoms with Crippen LogP contribution in [0.2, 0.25) is 5.02 Å². The molecule has 1 amide bonds. The fraction of sp³-hybridized carbons (Fsp3) is 0.545. The van der Waals surface area contributed by atoms with Gasteiger partial charge in [-0.05, 0) is 6.07 Å². The van der Waals surface area contributed by atoms with Crippen LogP contribution < -0.4 is 5.32 Å². The van der Waals surface area contributed by atoms with Crippen LogP contribution in [-0.2, 0) is 4.74 Å². The minimum atomic E-state index is -0.120. The fourth-order valence-electron chi connectivity index (χ4n) is 1.75. The molecule has 2 heterocycles. The van der Waals surface area contributed by atoms with Crippen LogP contribution in [0.25, 0.3) is 0 Å². The molecule has 1 fully saturated rings. The molecule has 0 spiro atoms. The standard InChI is InChI=1S/C11H16ClN3O2/c12-9-7-10(14-8-9)11(16)13-1-2-15-3-5-17-6-4-15/h7-8,14H,1-6H2,(H,13,16). The van der Waals surface area contributed by atoms with Crippen LogP contribution >= 0.6 is 11.6 Å². The molecule has 0 unspecified atom stereocenters. The van der Waals surface area contributed by atoms with Crippen molar-refractivity contribution in [2.75, 3.05) is 39.4 Å². The lowest BCUT2D eigenvalue weighted by Crippen LogP contribution is -2.41. The maximum atomic E-state index is 11.7.